The number of fused-ring (bicyclic) bond motifs is 2. The lowest BCUT2D eigenvalue weighted by atomic mass is 10.2. The molecule has 0 radical (unpaired) electrons. The first-order chi connectivity index (χ1) is 11.4. The van der Waals surface area contributed by atoms with Gasteiger partial charge >= 0.3 is 11.5 Å². The summed E-state index contributed by atoms with van der Waals surface area (Å²) >= 11 is 0. The normalized spacial score (nSPS) is 10.8. The predicted octanol–water partition coefficient (Wildman–Crippen LogP) is 2.88. The number of benzene rings is 2. The van der Waals surface area contributed by atoms with Crippen LogP contribution in [-0.2, 0) is 14.1 Å². The van der Waals surface area contributed by atoms with Gasteiger partial charge in [-0.3, -0.25) is 9.13 Å². The first-order valence-corrected chi connectivity index (χ1v) is 7.49. The first kappa shape index (κ1) is 15.9. The second kappa shape index (κ2) is 5.88. The molecule has 124 valence electrons. The molecule has 0 amide bonds. The number of hydrogen-bond acceptors (Lipinski definition) is 4. The molecule has 6 nitrogen and oxygen atoms in total. The zero-order valence-corrected chi connectivity index (χ0v) is 14.0. The Bertz CT molecular complexity index is 1140. The molecule has 0 N–H and O–H groups in total. The Morgan fingerprint density at radius 2 is 1.25 bits per heavy atom. The fraction of sp³-hybridized carbons (Fsp3) is 0.222. The van der Waals surface area contributed by atoms with Crippen LogP contribution in [0.3, 0.4) is 0 Å². The average molecular weight is 326 g/mol. The van der Waals surface area contributed by atoms with Crippen LogP contribution in [0.5, 0.6) is 0 Å². The summed E-state index contributed by atoms with van der Waals surface area (Å²) in [5.41, 5.74) is 5.21. The molecule has 0 saturated heterocycles. The lowest BCUT2D eigenvalue weighted by Crippen LogP contribution is -2.08. The zero-order valence-electron chi connectivity index (χ0n) is 14.0. The minimum atomic E-state index is -0.310. The van der Waals surface area contributed by atoms with Gasteiger partial charge in [0.15, 0.2) is 11.2 Å². The molecule has 0 aliphatic heterocycles. The van der Waals surface area contributed by atoms with Gasteiger partial charge in [0.2, 0.25) is 0 Å². The Morgan fingerprint density at radius 1 is 0.708 bits per heavy atom. The third kappa shape index (κ3) is 2.78. The SMILES string of the molecule is Cc1ccc2c(c1)oc(=O)n2C.Cc1ccc2oc(=O)n(C)c2c1. The van der Waals surface area contributed by atoms with Crippen molar-refractivity contribution in [3.63, 3.8) is 0 Å². The van der Waals surface area contributed by atoms with Crippen molar-refractivity contribution in [2.45, 2.75) is 13.8 Å². The summed E-state index contributed by atoms with van der Waals surface area (Å²) in [6, 6.07) is 11.4. The van der Waals surface area contributed by atoms with Gasteiger partial charge in [-0.15, -0.1) is 0 Å². The van der Waals surface area contributed by atoms with Crippen molar-refractivity contribution in [1.29, 1.82) is 0 Å². The number of aromatic nitrogens is 2. The summed E-state index contributed by atoms with van der Waals surface area (Å²) in [7, 11) is 3.40. The summed E-state index contributed by atoms with van der Waals surface area (Å²) < 4.78 is 12.9. The van der Waals surface area contributed by atoms with E-state index in [9.17, 15) is 9.59 Å². The molecule has 2 heterocycles. The maximum Gasteiger partial charge on any atom is 0.419 e. The van der Waals surface area contributed by atoms with Crippen molar-refractivity contribution in [2.24, 2.45) is 14.1 Å². The molecule has 0 bridgehead atoms. The number of rotatable bonds is 0. The Labute approximate surface area is 137 Å². The largest absolute Gasteiger partial charge is 0.419 e. The van der Waals surface area contributed by atoms with Crippen molar-refractivity contribution < 1.29 is 8.83 Å². The molecule has 2 aromatic heterocycles. The first-order valence-electron chi connectivity index (χ1n) is 7.49. The van der Waals surface area contributed by atoms with E-state index in [0.29, 0.717) is 11.2 Å². The van der Waals surface area contributed by atoms with E-state index in [1.54, 1.807) is 14.1 Å². The zero-order chi connectivity index (χ0) is 17.4. The van der Waals surface area contributed by atoms with E-state index in [1.807, 2.05) is 50.2 Å². The molecule has 0 atom stereocenters. The van der Waals surface area contributed by atoms with Crippen molar-refractivity contribution in [3.05, 3.63) is 68.6 Å². The van der Waals surface area contributed by atoms with E-state index < -0.39 is 0 Å². The average Bonchev–Trinajstić information content (AvgIpc) is 2.97. The smallest absolute Gasteiger partial charge is 0.408 e. The van der Waals surface area contributed by atoms with Gasteiger partial charge in [-0.1, -0.05) is 12.1 Å². The van der Waals surface area contributed by atoms with Crippen LogP contribution in [0.25, 0.3) is 22.2 Å². The Kier molecular flexibility index (Phi) is 3.89. The van der Waals surface area contributed by atoms with E-state index in [2.05, 4.69) is 0 Å². The highest BCUT2D eigenvalue weighted by atomic mass is 16.4. The summed E-state index contributed by atoms with van der Waals surface area (Å²) in [5, 5.41) is 0. The third-order valence-electron chi connectivity index (χ3n) is 3.89. The third-order valence-corrected chi connectivity index (χ3v) is 3.89. The molecule has 0 aliphatic carbocycles. The van der Waals surface area contributed by atoms with Gasteiger partial charge in [-0.25, -0.2) is 9.59 Å². The van der Waals surface area contributed by atoms with Gasteiger partial charge in [-0.05, 0) is 49.2 Å². The van der Waals surface area contributed by atoms with Gasteiger partial charge in [0, 0.05) is 14.1 Å². The van der Waals surface area contributed by atoms with Crippen LogP contribution in [0.1, 0.15) is 11.1 Å². The molecular formula is C18H18N2O4. The second-order valence-corrected chi connectivity index (χ2v) is 5.80. The second-order valence-electron chi connectivity index (χ2n) is 5.80. The van der Waals surface area contributed by atoms with Gasteiger partial charge in [-0.2, -0.15) is 0 Å². The van der Waals surface area contributed by atoms with E-state index in [0.717, 1.165) is 22.2 Å². The van der Waals surface area contributed by atoms with Crippen molar-refractivity contribution >= 4 is 22.2 Å². The monoisotopic (exact) mass is 326 g/mol. The molecule has 6 heteroatoms. The molecule has 4 rings (SSSR count). The molecule has 0 unspecified atom stereocenters. The summed E-state index contributed by atoms with van der Waals surface area (Å²) in [4.78, 5) is 22.1. The molecule has 0 fully saturated rings. The Balaban J connectivity index is 0.000000141. The van der Waals surface area contributed by atoms with Gasteiger partial charge in [0.05, 0.1) is 11.0 Å². The van der Waals surface area contributed by atoms with E-state index in [4.69, 9.17) is 8.83 Å². The van der Waals surface area contributed by atoms with Gasteiger partial charge in [0.25, 0.3) is 0 Å². The van der Waals surface area contributed by atoms with Crippen LogP contribution in [0.2, 0.25) is 0 Å². The van der Waals surface area contributed by atoms with Crippen LogP contribution in [0.15, 0.2) is 54.8 Å². The minimum absolute atomic E-state index is 0.310. The fourth-order valence-corrected chi connectivity index (χ4v) is 2.48. The van der Waals surface area contributed by atoms with Crippen LogP contribution in [0, 0.1) is 13.8 Å². The predicted molar refractivity (Wildman–Crippen MR) is 92.4 cm³/mol. The fourth-order valence-electron chi connectivity index (χ4n) is 2.48. The van der Waals surface area contributed by atoms with Crippen LogP contribution < -0.4 is 11.5 Å². The lowest BCUT2D eigenvalue weighted by Gasteiger charge is -1.92. The Hall–Kier alpha value is -3.02. The molecule has 4 aromatic rings. The number of aryl methyl sites for hydroxylation is 4. The summed E-state index contributed by atoms with van der Waals surface area (Å²) in [5.74, 6) is -0.619. The minimum Gasteiger partial charge on any atom is -0.408 e. The van der Waals surface area contributed by atoms with E-state index >= 15 is 0 Å². The molecule has 0 saturated carbocycles. The number of nitrogens with zero attached hydrogens (tertiary/aromatic N) is 2. The highest BCUT2D eigenvalue weighted by Gasteiger charge is 2.04. The Morgan fingerprint density at radius 3 is 1.96 bits per heavy atom. The molecular weight excluding hydrogens is 308 g/mol. The van der Waals surface area contributed by atoms with Crippen LogP contribution in [0.4, 0.5) is 0 Å². The summed E-state index contributed by atoms with van der Waals surface area (Å²) in [6.07, 6.45) is 0. The van der Waals surface area contributed by atoms with Crippen LogP contribution >= 0.6 is 0 Å². The standard InChI is InChI=1S/2C9H9NO2/c1-6-3-4-8-7(5-6)10(2)9(11)12-8;1-6-3-4-7-8(5-6)12-9(11)10(7)2/h2*3-5H,1-2H3. The van der Waals surface area contributed by atoms with Gasteiger partial charge < -0.3 is 8.83 Å². The lowest BCUT2D eigenvalue weighted by molar-refractivity contribution is 0.527. The topological polar surface area (TPSA) is 70.3 Å². The number of hydrogen-bond donors (Lipinski definition) is 0. The van der Waals surface area contributed by atoms with E-state index in [1.165, 1.54) is 9.13 Å². The molecule has 0 aliphatic rings. The van der Waals surface area contributed by atoms with Gasteiger partial charge in [0.1, 0.15) is 0 Å². The van der Waals surface area contributed by atoms with Crippen molar-refractivity contribution in [2.75, 3.05) is 0 Å². The summed E-state index contributed by atoms with van der Waals surface area (Å²) in [6.45, 7) is 3.95. The van der Waals surface area contributed by atoms with Crippen molar-refractivity contribution in [3.8, 4) is 0 Å². The highest BCUT2D eigenvalue weighted by molar-refractivity contribution is 5.74. The number of oxazole rings is 2. The van der Waals surface area contributed by atoms with Crippen molar-refractivity contribution in [1.82, 2.24) is 9.13 Å². The van der Waals surface area contributed by atoms with E-state index in [-0.39, 0.29) is 11.5 Å². The quantitative estimate of drug-likeness (QED) is 0.498. The van der Waals surface area contributed by atoms with Crippen LogP contribution in [-0.4, -0.2) is 9.13 Å². The maximum atomic E-state index is 11.0. The molecule has 2 aromatic carbocycles. The maximum absolute atomic E-state index is 11.0. The molecule has 0 spiro atoms. The molecule has 24 heavy (non-hydrogen) atoms. The highest BCUT2D eigenvalue weighted by Crippen LogP contribution is 2.13.